The van der Waals surface area contributed by atoms with E-state index in [0.29, 0.717) is 11.3 Å². The number of esters is 1. The number of Topliss-reactive ketones (excluding diaryl/α,β-unsaturated/α-hetero) is 1. The van der Waals surface area contributed by atoms with Crippen molar-refractivity contribution in [1.29, 1.82) is 0 Å². The average Bonchev–Trinajstić information content (AvgIpc) is 2.65. The zero-order valence-corrected chi connectivity index (χ0v) is 13.8. The lowest BCUT2D eigenvalue weighted by molar-refractivity contribution is -0.143. The van der Waals surface area contributed by atoms with Crippen molar-refractivity contribution in [2.45, 2.75) is 6.42 Å². The molecule has 0 fully saturated rings. The Labute approximate surface area is 141 Å². The molecule has 24 heavy (non-hydrogen) atoms. The summed E-state index contributed by atoms with van der Waals surface area (Å²) >= 11 is 0. The van der Waals surface area contributed by atoms with Gasteiger partial charge < -0.3 is 9.47 Å². The Morgan fingerprint density at radius 3 is 2.25 bits per heavy atom. The first kappa shape index (κ1) is 17.5. The van der Waals surface area contributed by atoms with Gasteiger partial charge in [0, 0.05) is 5.56 Å². The molecule has 0 aliphatic carbocycles. The highest BCUT2D eigenvalue weighted by Gasteiger charge is 2.27. The molecule has 1 unspecified atom stereocenters. The lowest BCUT2D eigenvalue weighted by Gasteiger charge is -2.12. The van der Waals surface area contributed by atoms with Crippen molar-refractivity contribution in [2.24, 2.45) is 5.92 Å². The van der Waals surface area contributed by atoms with E-state index in [-0.39, 0.29) is 12.2 Å². The maximum Gasteiger partial charge on any atom is 0.316 e. The third-order valence-corrected chi connectivity index (χ3v) is 3.66. The van der Waals surface area contributed by atoms with E-state index in [1.807, 2.05) is 42.5 Å². The summed E-state index contributed by atoms with van der Waals surface area (Å²) < 4.78 is 9.86. The SMILES string of the molecule is COC(=O)C(CC=Cc1ccccc1)C(=O)c1ccc(OC)cc1. The van der Waals surface area contributed by atoms with Crippen LogP contribution in [0.15, 0.2) is 60.7 Å². The molecular weight excluding hydrogens is 304 g/mol. The first-order valence-corrected chi connectivity index (χ1v) is 7.63. The summed E-state index contributed by atoms with van der Waals surface area (Å²) in [5.41, 5.74) is 1.47. The first-order chi connectivity index (χ1) is 11.7. The average molecular weight is 324 g/mol. The number of hydrogen-bond acceptors (Lipinski definition) is 4. The van der Waals surface area contributed by atoms with Gasteiger partial charge in [-0.15, -0.1) is 0 Å². The number of rotatable bonds is 7. The summed E-state index contributed by atoms with van der Waals surface area (Å²) in [5, 5.41) is 0. The van der Waals surface area contributed by atoms with Crippen LogP contribution in [0.4, 0.5) is 0 Å². The molecule has 2 aromatic rings. The molecule has 0 aliphatic rings. The van der Waals surface area contributed by atoms with Crippen LogP contribution < -0.4 is 4.74 Å². The van der Waals surface area contributed by atoms with Crippen LogP contribution >= 0.6 is 0 Å². The third-order valence-electron chi connectivity index (χ3n) is 3.66. The van der Waals surface area contributed by atoms with Crippen molar-refractivity contribution < 1.29 is 19.1 Å². The molecule has 0 heterocycles. The van der Waals surface area contributed by atoms with Gasteiger partial charge in [-0.1, -0.05) is 42.5 Å². The fourth-order valence-corrected chi connectivity index (χ4v) is 2.31. The molecular formula is C20H20O4. The van der Waals surface area contributed by atoms with Gasteiger partial charge in [-0.25, -0.2) is 0 Å². The molecule has 0 amide bonds. The fourth-order valence-electron chi connectivity index (χ4n) is 2.31. The van der Waals surface area contributed by atoms with Gasteiger partial charge in [0.2, 0.25) is 0 Å². The van der Waals surface area contributed by atoms with Crippen molar-refractivity contribution >= 4 is 17.8 Å². The summed E-state index contributed by atoms with van der Waals surface area (Å²) in [6.07, 6.45) is 3.99. The Hall–Kier alpha value is -2.88. The van der Waals surface area contributed by atoms with E-state index in [1.54, 1.807) is 31.4 Å². The zero-order chi connectivity index (χ0) is 17.4. The van der Waals surface area contributed by atoms with Crippen LogP contribution in [0.2, 0.25) is 0 Å². The van der Waals surface area contributed by atoms with Crippen LogP contribution in [0.25, 0.3) is 6.08 Å². The van der Waals surface area contributed by atoms with E-state index in [1.165, 1.54) is 7.11 Å². The second-order valence-corrected chi connectivity index (χ2v) is 5.22. The molecule has 1 atom stereocenters. The molecule has 124 valence electrons. The summed E-state index contributed by atoms with van der Waals surface area (Å²) in [6.45, 7) is 0. The number of ketones is 1. The van der Waals surface area contributed by atoms with Crippen molar-refractivity contribution in [2.75, 3.05) is 14.2 Å². The second kappa shape index (κ2) is 8.67. The summed E-state index contributed by atoms with van der Waals surface area (Å²) in [4.78, 5) is 24.6. The van der Waals surface area contributed by atoms with E-state index in [9.17, 15) is 9.59 Å². The Morgan fingerprint density at radius 1 is 1.00 bits per heavy atom. The van der Waals surface area contributed by atoms with Crippen LogP contribution in [0, 0.1) is 5.92 Å². The number of hydrogen-bond donors (Lipinski definition) is 0. The topological polar surface area (TPSA) is 52.6 Å². The van der Waals surface area contributed by atoms with Crippen molar-refractivity contribution in [1.82, 2.24) is 0 Å². The fraction of sp³-hybridized carbons (Fsp3) is 0.200. The van der Waals surface area contributed by atoms with Crippen molar-refractivity contribution in [3.8, 4) is 5.75 Å². The maximum absolute atomic E-state index is 12.6. The molecule has 0 radical (unpaired) electrons. The van der Waals surface area contributed by atoms with Gasteiger partial charge in [0.1, 0.15) is 11.7 Å². The van der Waals surface area contributed by atoms with E-state index in [4.69, 9.17) is 9.47 Å². The van der Waals surface area contributed by atoms with E-state index in [0.717, 1.165) is 5.56 Å². The lowest BCUT2D eigenvalue weighted by atomic mass is 9.94. The maximum atomic E-state index is 12.6. The zero-order valence-electron chi connectivity index (χ0n) is 13.8. The molecule has 4 heteroatoms. The van der Waals surface area contributed by atoms with Crippen LogP contribution in [0.3, 0.4) is 0 Å². The molecule has 0 spiro atoms. The Bertz CT molecular complexity index is 702. The monoisotopic (exact) mass is 324 g/mol. The van der Waals surface area contributed by atoms with Gasteiger partial charge in [-0.2, -0.15) is 0 Å². The van der Waals surface area contributed by atoms with Gasteiger partial charge in [0.25, 0.3) is 0 Å². The van der Waals surface area contributed by atoms with Crippen molar-refractivity contribution in [3.05, 3.63) is 71.8 Å². The molecule has 2 aromatic carbocycles. The number of allylic oxidation sites excluding steroid dienone is 1. The summed E-state index contributed by atoms with van der Waals surface area (Å²) in [5.74, 6) is -0.996. The quantitative estimate of drug-likeness (QED) is 0.442. The second-order valence-electron chi connectivity index (χ2n) is 5.22. The van der Waals surface area contributed by atoms with E-state index < -0.39 is 11.9 Å². The van der Waals surface area contributed by atoms with Gasteiger partial charge >= 0.3 is 5.97 Å². The molecule has 0 saturated carbocycles. The lowest BCUT2D eigenvalue weighted by Crippen LogP contribution is -2.25. The molecule has 0 saturated heterocycles. The van der Waals surface area contributed by atoms with Crippen LogP contribution in [0.1, 0.15) is 22.3 Å². The highest BCUT2D eigenvalue weighted by molar-refractivity contribution is 6.08. The number of ether oxygens (including phenoxy) is 2. The normalized spacial score (nSPS) is 11.9. The van der Waals surface area contributed by atoms with Crippen LogP contribution in [-0.2, 0) is 9.53 Å². The molecule has 0 bridgehead atoms. The number of carbonyl (C=O) groups excluding carboxylic acids is 2. The van der Waals surface area contributed by atoms with E-state index in [2.05, 4.69) is 0 Å². The molecule has 0 N–H and O–H groups in total. The Morgan fingerprint density at radius 2 is 1.67 bits per heavy atom. The van der Waals surface area contributed by atoms with Crippen molar-refractivity contribution in [3.63, 3.8) is 0 Å². The van der Waals surface area contributed by atoms with Gasteiger partial charge in [-0.3, -0.25) is 9.59 Å². The highest BCUT2D eigenvalue weighted by atomic mass is 16.5. The van der Waals surface area contributed by atoms with Gasteiger partial charge in [0.15, 0.2) is 5.78 Å². The third kappa shape index (κ3) is 4.56. The van der Waals surface area contributed by atoms with Crippen LogP contribution in [0.5, 0.6) is 5.75 Å². The minimum absolute atomic E-state index is 0.262. The number of benzene rings is 2. The standard InChI is InChI=1S/C20H20O4/c1-23-17-13-11-16(12-14-17)19(21)18(20(22)24-2)10-6-9-15-7-4-3-5-8-15/h3-9,11-14,18H,10H2,1-2H3. The smallest absolute Gasteiger partial charge is 0.316 e. The predicted octanol–water partition coefficient (Wildman–Crippen LogP) is 3.77. The Kier molecular flexibility index (Phi) is 6.32. The number of carbonyl (C=O) groups is 2. The molecule has 2 rings (SSSR count). The first-order valence-electron chi connectivity index (χ1n) is 7.63. The van der Waals surface area contributed by atoms with Crippen LogP contribution in [-0.4, -0.2) is 26.0 Å². The Balaban J connectivity index is 2.13. The molecule has 0 aromatic heterocycles. The summed E-state index contributed by atoms with van der Waals surface area (Å²) in [7, 11) is 2.85. The predicted molar refractivity (Wildman–Crippen MR) is 92.9 cm³/mol. The van der Waals surface area contributed by atoms with Gasteiger partial charge in [0.05, 0.1) is 14.2 Å². The minimum atomic E-state index is -0.858. The largest absolute Gasteiger partial charge is 0.497 e. The molecule has 4 nitrogen and oxygen atoms in total. The van der Waals surface area contributed by atoms with Gasteiger partial charge in [-0.05, 0) is 36.2 Å². The highest BCUT2D eigenvalue weighted by Crippen LogP contribution is 2.19. The van der Waals surface area contributed by atoms with E-state index >= 15 is 0 Å². The minimum Gasteiger partial charge on any atom is -0.497 e. The summed E-state index contributed by atoms with van der Waals surface area (Å²) in [6, 6.07) is 16.4. The number of methoxy groups -OCH3 is 2. The molecule has 0 aliphatic heterocycles.